The zero-order valence-electron chi connectivity index (χ0n) is 13.4. The second-order valence-corrected chi connectivity index (χ2v) is 7.82. The van der Waals surface area contributed by atoms with Gasteiger partial charge in [0.05, 0.1) is 0 Å². The Balaban J connectivity index is 1.69. The maximum absolute atomic E-state index is 12.3. The van der Waals surface area contributed by atoms with Crippen LogP contribution in [0.1, 0.15) is 34.1 Å². The van der Waals surface area contributed by atoms with E-state index < -0.39 is 0 Å². The number of nitrogens with zero attached hydrogens (tertiary/aromatic N) is 5. The molecule has 2 aliphatic rings. The smallest absolute Gasteiger partial charge is 0.321 e. The molecule has 0 unspecified atom stereocenters. The van der Waals surface area contributed by atoms with Gasteiger partial charge in [0, 0.05) is 37.6 Å². The van der Waals surface area contributed by atoms with Crippen molar-refractivity contribution in [3.8, 4) is 0 Å². The van der Waals surface area contributed by atoms with Gasteiger partial charge in [-0.1, -0.05) is 13.8 Å². The number of carbonyl (C=O) groups excluding carboxylic acids is 1. The van der Waals surface area contributed by atoms with Crippen molar-refractivity contribution in [1.29, 1.82) is 0 Å². The van der Waals surface area contributed by atoms with Crippen molar-refractivity contribution in [2.75, 3.05) is 26.2 Å². The molecule has 3 rings (SSSR count). The van der Waals surface area contributed by atoms with Gasteiger partial charge in [-0.05, 0) is 25.7 Å². The first-order chi connectivity index (χ1) is 9.80. The van der Waals surface area contributed by atoms with Gasteiger partial charge in [0.25, 0.3) is 0 Å². The Morgan fingerprint density at radius 2 is 1.90 bits per heavy atom. The van der Waals surface area contributed by atoms with Crippen LogP contribution in [0.25, 0.3) is 0 Å². The fraction of sp³-hybridized carbons (Fsp3) is 0.800. The second-order valence-electron chi connectivity index (χ2n) is 7.82. The van der Waals surface area contributed by atoms with Crippen LogP contribution in [0.2, 0.25) is 0 Å². The molecule has 0 bridgehead atoms. The number of rotatable bonds is 1. The summed E-state index contributed by atoms with van der Waals surface area (Å²) in [5.74, 6) is 0. The molecule has 2 saturated heterocycles. The Morgan fingerprint density at radius 3 is 2.48 bits per heavy atom. The van der Waals surface area contributed by atoms with Gasteiger partial charge in [0.1, 0.15) is 12.7 Å². The molecule has 3 heterocycles. The third kappa shape index (κ3) is 2.69. The van der Waals surface area contributed by atoms with Crippen LogP contribution in [0.3, 0.4) is 0 Å². The van der Waals surface area contributed by atoms with Gasteiger partial charge in [0.2, 0.25) is 0 Å². The summed E-state index contributed by atoms with van der Waals surface area (Å²) in [7, 11) is 0. The first kappa shape index (κ1) is 14.5. The lowest BCUT2D eigenvalue weighted by molar-refractivity contribution is -0.0834. The molecule has 0 N–H and O–H groups in total. The summed E-state index contributed by atoms with van der Waals surface area (Å²) in [6.45, 7) is 13.1. The predicted octanol–water partition coefficient (Wildman–Crippen LogP) is 1.69. The zero-order valence-corrected chi connectivity index (χ0v) is 13.4. The van der Waals surface area contributed by atoms with E-state index >= 15 is 0 Å². The largest absolute Gasteiger partial charge is 0.346 e. The highest BCUT2D eigenvalue weighted by molar-refractivity contribution is 5.76. The van der Waals surface area contributed by atoms with Gasteiger partial charge in [-0.2, -0.15) is 9.78 Å². The van der Waals surface area contributed by atoms with Crippen LogP contribution in [-0.4, -0.2) is 62.8 Å². The Labute approximate surface area is 126 Å². The van der Waals surface area contributed by atoms with E-state index in [9.17, 15) is 4.79 Å². The summed E-state index contributed by atoms with van der Waals surface area (Å²) in [6, 6.07) is 0.499. The average molecular weight is 291 g/mol. The molecule has 0 aromatic carbocycles. The van der Waals surface area contributed by atoms with Crippen molar-refractivity contribution in [1.82, 2.24) is 24.6 Å². The molecular formula is C15H25N5O. The maximum Gasteiger partial charge on any atom is 0.346 e. The number of likely N-dealkylation sites (tertiary alicyclic amines) is 2. The molecule has 2 fully saturated rings. The Hall–Kier alpha value is -1.43. The molecule has 6 heteroatoms. The van der Waals surface area contributed by atoms with Gasteiger partial charge in [-0.15, -0.1) is 0 Å². The van der Waals surface area contributed by atoms with E-state index in [1.807, 2.05) is 4.90 Å². The Bertz CT molecular complexity index is 516. The summed E-state index contributed by atoms with van der Waals surface area (Å²) in [5.41, 5.74) is 0.563. The molecule has 1 spiro atoms. The lowest BCUT2D eigenvalue weighted by Crippen LogP contribution is -2.68. The predicted molar refractivity (Wildman–Crippen MR) is 79.9 cm³/mol. The van der Waals surface area contributed by atoms with Crippen LogP contribution in [0.5, 0.6) is 0 Å². The number of amides is 1. The van der Waals surface area contributed by atoms with Crippen molar-refractivity contribution >= 4 is 6.03 Å². The minimum atomic E-state index is -0.0578. The van der Waals surface area contributed by atoms with Crippen LogP contribution in [-0.2, 0) is 0 Å². The van der Waals surface area contributed by atoms with E-state index in [2.05, 4.69) is 42.7 Å². The first-order valence-electron chi connectivity index (χ1n) is 7.68. The van der Waals surface area contributed by atoms with Crippen LogP contribution in [0, 0.1) is 10.8 Å². The average Bonchev–Trinajstić information content (AvgIpc) is 2.86. The van der Waals surface area contributed by atoms with E-state index in [0.29, 0.717) is 11.5 Å². The summed E-state index contributed by atoms with van der Waals surface area (Å²) in [6.07, 6.45) is 4.06. The topological polar surface area (TPSA) is 54.3 Å². The Morgan fingerprint density at radius 1 is 1.19 bits per heavy atom. The molecule has 2 aliphatic heterocycles. The fourth-order valence-corrected chi connectivity index (χ4v) is 4.09. The van der Waals surface area contributed by atoms with E-state index in [-0.39, 0.29) is 11.4 Å². The van der Waals surface area contributed by atoms with E-state index in [4.69, 9.17) is 0 Å². The van der Waals surface area contributed by atoms with Crippen molar-refractivity contribution in [3.63, 3.8) is 0 Å². The first-order valence-corrected chi connectivity index (χ1v) is 7.68. The van der Waals surface area contributed by atoms with Crippen LogP contribution >= 0.6 is 0 Å². The molecule has 0 saturated carbocycles. The molecule has 0 atom stereocenters. The van der Waals surface area contributed by atoms with Crippen LogP contribution in [0.4, 0.5) is 4.79 Å². The zero-order chi connectivity index (χ0) is 15.3. The number of hydrogen-bond acceptors (Lipinski definition) is 4. The minimum absolute atomic E-state index is 0.0578. The molecule has 6 nitrogen and oxygen atoms in total. The molecule has 0 radical (unpaired) electrons. The molecule has 1 amide bonds. The maximum atomic E-state index is 12.3. The van der Waals surface area contributed by atoms with Gasteiger partial charge < -0.3 is 4.90 Å². The van der Waals surface area contributed by atoms with Gasteiger partial charge in [0.15, 0.2) is 0 Å². The standard InChI is InChI=1S/C15H25N5O/c1-12(2)18-6-14(3,4)5-15(7-18)8-19(9-15)13(21)20-11-16-10-17-20/h10-12H,5-9H2,1-4H3. The fourth-order valence-electron chi connectivity index (χ4n) is 4.09. The summed E-state index contributed by atoms with van der Waals surface area (Å²) >= 11 is 0. The summed E-state index contributed by atoms with van der Waals surface area (Å²) < 4.78 is 1.32. The third-order valence-corrected chi connectivity index (χ3v) is 4.69. The molecule has 1 aromatic heterocycles. The van der Waals surface area contributed by atoms with Gasteiger partial charge >= 0.3 is 6.03 Å². The molecule has 116 valence electrons. The summed E-state index contributed by atoms with van der Waals surface area (Å²) in [4.78, 5) is 20.5. The van der Waals surface area contributed by atoms with Crippen LogP contribution in [0.15, 0.2) is 12.7 Å². The van der Waals surface area contributed by atoms with E-state index in [1.54, 1.807) is 0 Å². The van der Waals surface area contributed by atoms with Gasteiger partial charge in [-0.25, -0.2) is 9.78 Å². The highest BCUT2D eigenvalue weighted by atomic mass is 16.2. The molecule has 0 aliphatic carbocycles. The van der Waals surface area contributed by atoms with Crippen LogP contribution < -0.4 is 0 Å². The number of carbonyl (C=O) groups is 1. The van der Waals surface area contributed by atoms with Gasteiger partial charge in [-0.3, -0.25) is 4.90 Å². The monoisotopic (exact) mass is 291 g/mol. The van der Waals surface area contributed by atoms with Crippen molar-refractivity contribution in [2.45, 2.75) is 40.2 Å². The number of aromatic nitrogens is 3. The lowest BCUT2D eigenvalue weighted by Gasteiger charge is -2.59. The third-order valence-electron chi connectivity index (χ3n) is 4.69. The van der Waals surface area contributed by atoms with Crippen molar-refractivity contribution in [3.05, 3.63) is 12.7 Å². The van der Waals surface area contributed by atoms with E-state index in [1.165, 1.54) is 23.8 Å². The highest BCUT2D eigenvalue weighted by Crippen LogP contribution is 2.46. The quantitative estimate of drug-likeness (QED) is 0.790. The molecule has 21 heavy (non-hydrogen) atoms. The van der Waals surface area contributed by atoms with E-state index in [0.717, 1.165) is 26.2 Å². The van der Waals surface area contributed by atoms with Crippen molar-refractivity contribution < 1.29 is 4.79 Å². The highest BCUT2D eigenvalue weighted by Gasteiger charge is 2.52. The van der Waals surface area contributed by atoms with Crippen molar-refractivity contribution in [2.24, 2.45) is 10.8 Å². The molecule has 1 aromatic rings. The lowest BCUT2D eigenvalue weighted by atomic mass is 9.64. The Kier molecular flexibility index (Phi) is 3.31. The number of hydrogen-bond donors (Lipinski definition) is 0. The molecular weight excluding hydrogens is 266 g/mol. The SMILES string of the molecule is CC(C)N1CC(C)(C)CC2(CN(C(=O)n3cncn3)C2)C1. The normalized spacial score (nSPS) is 24.3. The minimum Gasteiger partial charge on any atom is -0.321 e. The summed E-state index contributed by atoms with van der Waals surface area (Å²) in [5, 5.41) is 3.93. The number of piperidine rings is 1. The second kappa shape index (κ2) is 4.80.